The molecule has 130 valence electrons. The number of aromatic nitrogens is 2. The summed E-state index contributed by atoms with van der Waals surface area (Å²) in [6.45, 7) is 7.17. The molecule has 6 heteroatoms. The van der Waals surface area contributed by atoms with Gasteiger partial charge in [0.1, 0.15) is 5.69 Å². The average Bonchev–Trinajstić information content (AvgIpc) is 3.12. The van der Waals surface area contributed by atoms with E-state index in [1.165, 1.54) is 6.42 Å². The molecule has 1 atom stereocenters. The lowest BCUT2D eigenvalue weighted by Gasteiger charge is -2.22. The van der Waals surface area contributed by atoms with Gasteiger partial charge in [-0.05, 0) is 50.8 Å². The van der Waals surface area contributed by atoms with Gasteiger partial charge in [-0.3, -0.25) is 14.4 Å². The van der Waals surface area contributed by atoms with Gasteiger partial charge in [0.2, 0.25) is 0 Å². The first kappa shape index (κ1) is 17.9. The van der Waals surface area contributed by atoms with E-state index in [4.69, 9.17) is 0 Å². The molecule has 1 saturated heterocycles. The summed E-state index contributed by atoms with van der Waals surface area (Å²) in [6.07, 6.45) is 4.28. The van der Waals surface area contributed by atoms with Crippen molar-refractivity contribution in [2.75, 3.05) is 26.2 Å². The van der Waals surface area contributed by atoms with E-state index in [0.717, 1.165) is 38.0 Å². The van der Waals surface area contributed by atoms with Crippen molar-refractivity contribution in [1.29, 1.82) is 0 Å². The SMILES string of the molecule is CC(C)c1cc(C(=O)NCCCCN2CCCC2CO)n(C)n1. The summed E-state index contributed by atoms with van der Waals surface area (Å²) in [5, 5.41) is 16.6. The number of aliphatic hydroxyl groups excluding tert-OH is 1. The zero-order valence-electron chi connectivity index (χ0n) is 14.6. The Labute approximate surface area is 138 Å². The Morgan fingerprint density at radius 2 is 2.26 bits per heavy atom. The fourth-order valence-electron chi connectivity index (χ4n) is 3.11. The molecule has 23 heavy (non-hydrogen) atoms. The van der Waals surface area contributed by atoms with Crippen LogP contribution in [0.5, 0.6) is 0 Å². The highest BCUT2D eigenvalue weighted by atomic mass is 16.3. The monoisotopic (exact) mass is 322 g/mol. The van der Waals surface area contributed by atoms with Crippen LogP contribution in [0.2, 0.25) is 0 Å². The van der Waals surface area contributed by atoms with E-state index in [2.05, 4.69) is 29.2 Å². The first-order valence-electron chi connectivity index (χ1n) is 8.70. The third kappa shape index (κ3) is 4.78. The van der Waals surface area contributed by atoms with Crippen molar-refractivity contribution < 1.29 is 9.90 Å². The molecule has 1 fully saturated rings. The number of aryl methyl sites for hydroxylation is 1. The number of amides is 1. The Kier molecular flexibility index (Phi) is 6.59. The Bertz CT molecular complexity index is 513. The van der Waals surface area contributed by atoms with Crippen LogP contribution in [0.4, 0.5) is 0 Å². The smallest absolute Gasteiger partial charge is 0.269 e. The minimum Gasteiger partial charge on any atom is -0.395 e. The number of hydrogen-bond acceptors (Lipinski definition) is 4. The Morgan fingerprint density at radius 3 is 2.91 bits per heavy atom. The van der Waals surface area contributed by atoms with Crippen molar-refractivity contribution >= 4 is 5.91 Å². The van der Waals surface area contributed by atoms with E-state index in [1.807, 2.05) is 13.1 Å². The predicted molar refractivity (Wildman–Crippen MR) is 90.5 cm³/mol. The van der Waals surface area contributed by atoms with Crippen LogP contribution in [0.25, 0.3) is 0 Å². The van der Waals surface area contributed by atoms with Crippen molar-refractivity contribution in [2.24, 2.45) is 7.05 Å². The Morgan fingerprint density at radius 1 is 1.48 bits per heavy atom. The number of nitrogens with one attached hydrogen (secondary N) is 1. The maximum atomic E-state index is 12.2. The van der Waals surface area contributed by atoms with Crippen molar-refractivity contribution in [2.45, 2.75) is 51.5 Å². The molecule has 1 aliphatic rings. The molecule has 0 spiro atoms. The summed E-state index contributed by atoms with van der Waals surface area (Å²) in [4.78, 5) is 14.6. The fourth-order valence-corrected chi connectivity index (χ4v) is 3.11. The molecule has 0 bridgehead atoms. The fraction of sp³-hybridized carbons (Fsp3) is 0.765. The molecule has 2 rings (SSSR count). The topological polar surface area (TPSA) is 70.4 Å². The molecule has 0 aromatic carbocycles. The minimum absolute atomic E-state index is 0.0543. The van der Waals surface area contributed by atoms with Crippen molar-refractivity contribution in [1.82, 2.24) is 20.0 Å². The van der Waals surface area contributed by atoms with E-state index in [9.17, 15) is 9.90 Å². The number of rotatable bonds is 8. The normalized spacial score (nSPS) is 18.7. The average molecular weight is 322 g/mol. The second kappa shape index (κ2) is 8.45. The van der Waals surface area contributed by atoms with E-state index >= 15 is 0 Å². The van der Waals surface area contributed by atoms with Crippen LogP contribution < -0.4 is 5.32 Å². The van der Waals surface area contributed by atoms with Crippen molar-refractivity contribution in [3.8, 4) is 0 Å². The number of likely N-dealkylation sites (tertiary alicyclic amines) is 1. The predicted octanol–water partition coefficient (Wildman–Crippen LogP) is 1.51. The van der Waals surface area contributed by atoms with Crippen LogP contribution >= 0.6 is 0 Å². The second-order valence-corrected chi connectivity index (χ2v) is 6.71. The van der Waals surface area contributed by atoms with Gasteiger partial charge in [0.05, 0.1) is 12.3 Å². The third-order valence-corrected chi connectivity index (χ3v) is 4.59. The zero-order valence-corrected chi connectivity index (χ0v) is 14.6. The highest BCUT2D eigenvalue weighted by molar-refractivity contribution is 5.92. The lowest BCUT2D eigenvalue weighted by Crippen LogP contribution is -2.33. The first-order valence-corrected chi connectivity index (χ1v) is 8.70. The van der Waals surface area contributed by atoms with E-state index in [1.54, 1.807) is 4.68 Å². The number of nitrogens with zero attached hydrogens (tertiary/aromatic N) is 3. The van der Waals surface area contributed by atoms with Gasteiger partial charge in [-0.15, -0.1) is 0 Å². The number of unbranched alkanes of at least 4 members (excludes halogenated alkanes) is 1. The molecular weight excluding hydrogens is 292 g/mol. The number of carbonyl (C=O) groups is 1. The molecule has 1 amide bonds. The number of carbonyl (C=O) groups excluding carboxylic acids is 1. The quantitative estimate of drug-likeness (QED) is 0.712. The van der Waals surface area contributed by atoms with Crippen LogP contribution in [0.15, 0.2) is 6.07 Å². The van der Waals surface area contributed by atoms with E-state index < -0.39 is 0 Å². The third-order valence-electron chi connectivity index (χ3n) is 4.59. The second-order valence-electron chi connectivity index (χ2n) is 6.71. The van der Waals surface area contributed by atoms with Crippen LogP contribution in [-0.4, -0.2) is 58.0 Å². The summed E-state index contributed by atoms with van der Waals surface area (Å²) < 4.78 is 1.65. The van der Waals surface area contributed by atoms with Crippen molar-refractivity contribution in [3.05, 3.63) is 17.5 Å². The maximum Gasteiger partial charge on any atom is 0.269 e. The molecule has 1 aliphatic heterocycles. The molecule has 1 aromatic rings. The summed E-state index contributed by atoms with van der Waals surface area (Å²) in [5.74, 6) is 0.268. The number of aliphatic hydroxyl groups is 1. The molecule has 2 heterocycles. The Balaban J connectivity index is 1.69. The molecular formula is C17H30N4O2. The van der Waals surface area contributed by atoms with Gasteiger partial charge >= 0.3 is 0 Å². The lowest BCUT2D eigenvalue weighted by molar-refractivity contribution is 0.0942. The van der Waals surface area contributed by atoms with Crippen LogP contribution in [0.1, 0.15) is 61.6 Å². The highest BCUT2D eigenvalue weighted by Crippen LogP contribution is 2.17. The van der Waals surface area contributed by atoms with Gasteiger partial charge in [-0.2, -0.15) is 5.10 Å². The molecule has 1 unspecified atom stereocenters. The van der Waals surface area contributed by atoms with Crippen LogP contribution in [0, 0.1) is 0 Å². The first-order chi connectivity index (χ1) is 11.0. The summed E-state index contributed by atoms with van der Waals surface area (Å²) in [5.41, 5.74) is 1.57. The largest absolute Gasteiger partial charge is 0.395 e. The molecule has 1 aromatic heterocycles. The lowest BCUT2D eigenvalue weighted by atomic mass is 10.1. The van der Waals surface area contributed by atoms with Gasteiger partial charge < -0.3 is 10.4 Å². The zero-order chi connectivity index (χ0) is 16.8. The van der Waals surface area contributed by atoms with E-state index in [-0.39, 0.29) is 12.5 Å². The van der Waals surface area contributed by atoms with E-state index in [0.29, 0.717) is 24.2 Å². The van der Waals surface area contributed by atoms with Gasteiger partial charge in [0, 0.05) is 19.6 Å². The van der Waals surface area contributed by atoms with Gasteiger partial charge in [0.15, 0.2) is 0 Å². The minimum atomic E-state index is -0.0543. The molecule has 6 nitrogen and oxygen atoms in total. The summed E-state index contributed by atoms with van der Waals surface area (Å²) in [6, 6.07) is 2.21. The van der Waals surface area contributed by atoms with Crippen LogP contribution in [0.3, 0.4) is 0 Å². The highest BCUT2D eigenvalue weighted by Gasteiger charge is 2.22. The van der Waals surface area contributed by atoms with Gasteiger partial charge in [-0.25, -0.2) is 0 Å². The standard InChI is InChI=1S/C17H30N4O2/c1-13(2)15-11-16(20(3)19-15)17(23)18-8-4-5-9-21-10-6-7-14(21)12-22/h11,13-14,22H,4-10,12H2,1-3H3,(H,18,23). The molecule has 0 aliphatic carbocycles. The molecule has 2 N–H and O–H groups in total. The number of hydrogen-bond donors (Lipinski definition) is 2. The van der Waals surface area contributed by atoms with Crippen LogP contribution in [-0.2, 0) is 7.05 Å². The molecule has 0 radical (unpaired) electrons. The Hall–Kier alpha value is -1.40. The van der Waals surface area contributed by atoms with Crippen molar-refractivity contribution in [3.63, 3.8) is 0 Å². The summed E-state index contributed by atoms with van der Waals surface area (Å²) in [7, 11) is 1.81. The van der Waals surface area contributed by atoms with Gasteiger partial charge in [0.25, 0.3) is 5.91 Å². The summed E-state index contributed by atoms with van der Waals surface area (Å²) >= 11 is 0. The molecule has 0 saturated carbocycles. The maximum absolute atomic E-state index is 12.2. The van der Waals surface area contributed by atoms with Gasteiger partial charge in [-0.1, -0.05) is 13.8 Å².